The van der Waals surface area contributed by atoms with Gasteiger partial charge in [0.05, 0.1) is 12.3 Å². The Morgan fingerprint density at radius 2 is 1.95 bits per heavy atom. The van der Waals surface area contributed by atoms with Gasteiger partial charge in [-0.25, -0.2) is 9.59 Å². The molecule has 6 nitrogen and oxygen atoms in total. The fourth-order valence-electron chi connectivity index (χ4n) is 1.18. The van der Waals surface area contributed by atoms with E-state index in [-0.39, 0.29) is 6.61 Å². The molecule has 0 saturated carbocycles. The average molecular weight is 261 g/mol. The molecule has 1 rings (SSSR count). The van der Waals surface area contributed by atoms with E-state index >= 15 is 0 Å². The van der Waals surface area contributed by atoms with Gasteiger partial charge in [-0.2, -0.15) is 5.11 Å². The van der Waals surface area contributed by atoms with Crippen LogP contribution in [0, 0.1) is 0 Å². The summed E-state index contributed by atoms with van der Waals surface area (Å²) >= 11 is 0. The van der Waals surface area contributed by atoms with Crippen LogP contribution in [0.15, 0.2) is 52.3 Å². The smallest absolute Gasteiger partial charge is 0.364 e. The molecule has 0 bridgehead atoms. The van der Waals surface area contributed by atoms with Gasteiger partial charge in [0.25, 0.3) is 0 Å². The maximum atomic E-state index is 11.4. The van der Waals surface area contributed by atoms with Crippen LogP contribution in [-0.2, 0) is 9.53 Å². The lowest BCUT2D eigenvalue weighted by Crippen LogP contribution is -2.05. The highest BCUT2D eigenvalue weighted by Crippen LogP contribution is 2.06. The number of carbonyl (C=O) groups is 2. The summed E-state index contributed by atoms with van der Waals surface area (Å²) in [5, 5.41) is 9.58. The largest absolute Gasteiger partial charge is 0.463 e. The molecule has 0 unspecified atom stereocenters. The molecule has 0 heterocycles. The van der Waals surface area contributed by atoms with E-state index in [1.165, 1.54) is 6.08 Å². The molecule has 0 aliphatic heterocycles. The van der Waals surface area contributed by atoms with Gasteiger partial charge >= 0.3 is 12.0 Å². The Hall–Kier alpha value is -2.50. The first-order chi connectivity index (χ1) is 9.11. The first kappa shape index (κ1) is 14.6. The highest BCUT2D eigenvalue weighted by atomic mass is 16.5. The Bertz CT molecular complexity index is 495. The van der Waals surface area contributed by atoms with E-state index in [9.17, 15) is 9.59 Å². The monoisotopic (exact) mass is 261 g/mol. The molecule has 100 valence electrons. The van der Waals surface area contributed by atoms with Crippen molar-refractivity contribution in [2.75, 3.05) is 11.9 Å². The highest BCUT2D eigenvalue weighted by molar-refractivity contribution is 5.89. The average Bonchev–Trinajstić information content (AvgIpc) is 2.38. The number of nitrogens with zero attached hydrogens (tertiary/aromatic N) is 2. The van der Waals surface area contributed by atoms with Crippen LogP contribution in [0.1, 0.15) is 13.8 Å². The van der Waals surface area contributed by atoms with Crippen molar-refractivity contribution < 1.29 is 14.3 Å². The maximum Gasteiger partial charge on any atom is 0.364 e. The van der Waals surface area contributed by atoms with Crippen molar-refractivity contribution in [1.29, 1.82) is 0 Å². The zero-order chi connectivity index (χ0) is 14.1. The molecule has 0 atom stereocenters. The van der Waals surface area contributed by atoms with Crippen molar-refractivity contribution >= 4 is 17.7 Å². The molecule has 1 aromatic rings. The summed E-state index contributed by atoms with van der Waals surface area (Å²) in [7, 11) is 0. The number of esters is 1. The van der Waals surface area contributed by atoms with Gasteiger partial charge in [0, 0.05) is 11.8 Å². The molecule has 0 radical (unpaired) electrons. The number of allylic oxidation sites excluding steroid dienone is 1. The summed E-state index contributed by atoms with van der Waals surface area (Å²) < 4.78 is 4.70. The van der Waals surface area contributed by atoms with Gasteiger partial charge < -0.3 is 10.1 Å². The van der Waals surface area contributed by atoms with E-state index < -0.39 is 12.0 Å². The van der Waals surface area contributed by atoms with Crippen molar-refractivity contribution in [2.24, 2.45) is 10.2 Å². The summed E-state index contributed by atoms with van der Waals surface area (Å²) in [6, 6.07) is 8.27. The Morgan fingerprint density at radius 1 is 1.26 bits per heavy atom. The molecule has 2 amide bonds. The number of para-hydroxylation sites is 1. The third-order valence-electron chi connectivity index (χ3n) is 1.94. The third kappa shape index (κ3) is 6.11. The second kappa shape index (κ2) is 7.75. The van der Waals surface area contributed by atoms with Crippen molar-refractivity contribution in [2.45, 2.75) is 13.8 Å². The second-order valence-corrected chi connectivity index (χ2v) is 3.53. The van der Waals surface area contributed by atoms with Crippen LogP contribution in [0.3, 0.4) is 0 Å². The molecule has 0 aliphatic rings. The van der Waals surface area contributed by atoms with Crippen molar-refractivity contribution in [3.63, 3.8) is 0 Å². The number of anilines is 1. The number of rotatable bonds is 4. The molecule has 6 heteroatoms. The molecule has 0 saturated heterocycles. The fraction of sp³-hybridized carbons (Fsp3) is 0.231. The zero-order valence-corrected chi connectivity index (χ0v) is 10.8. The Balaban J connectivity index is 2.52. The lowest BCUT2D eigenvalue weighted by molar-refractivity contribution is -0.137. The number of ether oxygens (including phenoxy) is 1. The molecule has 0 spiro atoms. The third-order valence-corrected chi connectivity index (χ3v) is 1.94. The second-order valence-electron chi connectivity index (χ2n) is 3.53. The molecular formula is C13H15N3O3. The minimum atomic E-state index is -0.609. The number of nitrogens with one attached hydrogen (secondary N) is 1. The standard InChI is InChI=1S/C13H15N3O3/c1-3-19-12(17)9-10(2)15-16-13(18)14-11-7-5-4-6-8-11/h4-9H,3H2,1-2H3,(H,14,18)/b10-9-,16-15?. The van der Waals surface area contributed by atoms with Crippen LogP contribution in [0.2, 0.25) is 0 Å². The number of urea groups is 1. The predicted molar refractivity (Wildman–Crippen MR) is 70.7 cm³/mol. The molecular weight excluding hydrogens is 246 g/mol. The molecule has 19 heavy (non-hydrogen) atoms. The maximum absolute atomic E-state index is 11.4. The van der Waals surface area contributed by atoms with Crippen molar-refractivity contribution in [3.8, 4) is 0 Å². The van der Waals surface area contributed by atoms with Crippen LogP contribution < -0.4 is 5.32 Å². The number of benzene rings is 1. The minimum Gasteiger partial charge on any atom is -0.463 e. The number of hydrogen-bond donors (Lipinski definition) is 1. The van der Waals surface area contributed by atoms with Crippen LogP contribution >= 0.6 is 0 Å². The van der Waals surface area contributed by atoms with Gasteiger partial charge in [0.2, 0.25) is 0 Å². The zero-order valence-electron chi connectivity index (χ0n) is 10.8. The topological polar surface area (TPSA) is 80.1 Å². The summed E-state index contributed by atoms with van der Waals surface area (Å²) in [6.07, 6.45) is 1.17. The first-order valence-electron chi connectivity index (χ1n) is 5.74. The van der Waals surface area contributed by atoms with Crippen LogP contribution in [0.5, 0.6) is 0 Å². The Kier molecular flexibility index (Phi) is 5.94. The molecule has 1 aromatic carbocycles. The fourth-order valence-corrected chi connectivity index (χ4v) is 1.18. The minimum absolute atomic E-state index is 0.286. The van der Waals surface area contributed by atoms with Crippen molar-refractivity contribution in [1.82, 2.24) is 0 Å². The summed E-state index contributed by atoms with van der Waals surface area (Å²) in [5.41, 5.74) is 0.917. The highest BCUT2D eigenvalue weighted by Gasteiger charge is 2.00. The van der Waals surface area contributed by atoms with E-state index in [0.29, 0.717) is 11.4 Å². The van der Waals surface area contributed by atoms with E-state index in [2.05, 4.69) is 15.5 Å². The molecule has 0 aromatic heterocycles. The normalized spacial score (nSPS) is 11.4. The van der Waals surface area contributed by atoms with Gasteiger partial charge in [0.15, 0.2) is 0 Å². The lowest BCUT2D eigenvalue weighted by Gasteiger charge is -1.99. The van der Waals surface area contributed by atoms with E-state index in [0.717, 1.165) is 0 Å². The summed E-state index contributed by atoms with van der Waals surface area (Å²) in [5.74, 6) is -0.512. The number of hydrogen-bond acceptors (Lipinski definition) is 4. The Morgan fingerprint density at radius 3 is 2.58 bits per heavy atom. The van der Waals surface area contributed by atoms with Gasteiger partial charge in [0.1, 0.15) is 0 Å². The van der Waals surface area contributed by atoms with Gasteiger partial charge in [-0.15, -0.1) is 0 Å². The first-order valence-corrected chi connectivity index (χ1v) is 5.74. The van der Waals surface area contributed by atoms with E-state index in [4.69, 9.17) is 4.74 Å². The van der Waals surface area contributed by atoms with E-state index in [1.54, 1.807) is 38.1 Å². The number of carbonyl (C=O) groups excluding carboxylic acids is 2. The van der Waals surface area contributed by atoms with Gasteiger partial charge in [-0.1, -0.05) is 23.3 Å². The van der Waals surface area contributed by atoms with Crippen LogP contribution in [0.4, 0.5) is 10.5 Å². The summed E-state index contributed by atoms with van der Waals surface area (Å²) in [6.45, 7) is 3.54. The molecule has 0 fully saturated rings. The van der Waals surface area contributed by atoms with E-state index in [1.807, 2.05) is 6.07 Å². The van der Waals surface area contributed by atoms with Crippen LogP contribution in [-0.4, -0.2) is 18.6 Å². The van der Waals surface area contributed by atoms with Crippen LogP contribution in [0.25, 0.3) is 0 Å². The predicted octanol–water partition coefficient (Wildman–Crippen LogP) is 3.14. The lowest BCUT2D eigenvalue weighted by atomic mass is 10.3. The number of amides is 2. The summed E-state index contributed by atoms with van der Waals surface area (Å²) in [4.78, 5) is 22.5. The van der Waals surface area contributed by atoms with Gasteiger partial charge in [-0.3, -0.25) is 0 Å². The number of azo groups is 1. The molecule has 0 aliphatic carbocycles. The Labute approximate surface area is 111 Å². The molecule has 1 N–H and O–H groups in total. The van der Waals surface area contributed by atoms with Crippen molar-refractivity contribution in [3.05, 3.63) is 42.1 Å². The SMILES string of the molecule is CCOC(=O)/C=C(/C)N=NC(=O)Nc1ccccc1. The van der Waals surface area contributed by atoms with Gasteiger partial charge in [-0.05, 0) is 26.0 Å². The quantitative estimate of drug-likeness (QED) is 0.513.